The van der Waals surface area contributed by atoms with Gasteiger partial charge in [0.15, 0.2) is 0 Å². The van der Waals surface area contributed by atoms with E-state index in [2.05, 4.69) is 10.1 Å². The third-order valence-corrected chi connectivity index (χ3v) is 6.27. The lowest BCUT2D eigenvalue weighted by Crippen LogP contribution is -2.41. The summed E-state index contributed by atoms with van der Waals surface area (Å²) in [6.07, 6.45) is 9.03. The van der Waals surface area contributed by atoms with Crippen molar-refractivity contribution in [3.63, 3.8) is 0 Å². The summed E-state index contributed by atoms with van der Waals surface area (Å²) < 4.78 is 29.3. The number of hydrogen-bond donors (Lipinski definition) is 2. The molecule has 0 aliphatic heterocycles. The average molecular weight is 414 g/mol. The molecule has 0 saturated heterocycles. The van der Waals surface area contributed by atoms with Gasteiger partial charge in [0, 0.05) is 23.5 Å². The fourth-order valence-corrected chi connectivity index (χ4v) is 4.36. The molecule has 1 aromatic carbocycles. The van der Waals surface area contributed by atoms with Gasteiger partial charge < -0.3 is 10.2 Å². The topological polar surface area (TPSA) is 71.2 Å². The van der Waals surface area contributed by atoms with E-state index >= 15 is 0 Å². The number of aromatic nitrogens is 3. The van der Waals surface area contributed by atoms with E-state index < -0.39 is 17.2 Å². The second-order valence-electron chi connectivity index (χ2n) is 7.00. The summed E-state index contributed by atoms with van der Waals surface area (Å²) in [6, 6.07) is 3.26. The lowest BCUT2D eigenvalue weighted by molar-refractivity contribution is 0.0133. The molecule has 2 aromatic rings. The molecule has 0 radical (unpaired) electrons. The summed E-state index contributed by atoms with van der Waals surface area (Å²) in [5.41, 5.74) is -1.48. The zero-order chi connectivity index (χ0) is 20.4. The highest BCUT2D eigenvalue weighted by Gasteiger charge is 2.39. The highest BCUT2D eigenvalue weighted by atomic mass is 32.2. The molecular weight excluding hydrogens is 384 g/mol. The molecule has 156 valence electrons. The largest absolute Gasteiger partial charge is 0.396 e. The number of hydrogen-bond acceptors (Lipinski definition) is 5. The Morgan fingerprint density at radius 2 is 1.86 bits per heavy atom. The van der Waals surface area contributed by atoms with E-state index in [-0.39, 0.29) is 24.0 Å². The number of aliphatic hydroxyl groups excluding tert-OH is 1. The van der Waals surface area contributed by atoms with Gasteiger partial charge in [0.1, 0.15) is 29.9 Å². The Kier molecular flexibility index (Phi) is 9.34. The summed E-state index contributed by atoms with van der Waals surface area (Å²) in [5.74, 6) is -0.603. The van der Waals surface area contributed by atoms with Crippen LogP contribution in [0.5, 0.6) is 0 Å². The fraction of sp³-hybridized carbons (Fsp3) is 0.600. The van der Waals surface area contributed by atoms with Crippen LogP contribution in [0.2, 0.25) is 0 Å². The Morgan fingerprint density at radius 1 is 1.14 bits per heavy atom. The minimum atomic E-state index is -1.54. The molecular formula is C20H29F2N3O2S. The molecule has 0 aliphatic carbocycles. The minimum absolute atomic E-state index is 0.0326. The van der Waals surface area contributed by atoms with E-state index in [9.17, 15) is 13.9 Å². The van der Waals surface area contributed by atoms with Gasteiger partial charge in [-0.15, -0.1) is 0 Å². The van der Waals surface area contributed by atoms with Gasteiger partial charge in [-0.25, -0.2) is 18.4 Å². The van der Waals surface area contributed by atoms with Crippen LogP contribution in [0.1, 0.15) is 51.0 Å². The first-order chi connectivity index (χ1) is 13.5. The lowest BCUT2D eigenvalue weighted by atomic mass is 9.90. The first-order valence-electron chi connectivity index (χ1n) is 9.70. The van der Waals surface area contributed by atoms with Gasteiger partial charge in [0.2, 0.25) is 0 Å². The quantitative estimate of drug-likeness (QED) is 0.488. The summed E-state index contributed by atoms with van der Waals surface area (Å²) >= 11 is 1.57. The van der Waals surface area contributed by atoms with Crippen LogP contribution in [0.15, 0.2) is 30.9 Å². The van der Waals surface area contributed by atoms with E-state index in [4.69, 9.17) is 5.11 Å². The third kappa shape index (κ3) is 6.53. The molecule has 0 saturated carbocycles. The Balaban J connectivity index is 1.99. The Labute approximate surface area is 169 Å². The summed E-state index contributed by atoms with van der Waals surface area (Å²) in [4.78, 5) is 3.88. The van der Waals surface area contributed by atoms with Gasteiger partial charge in [-0.3, -0.25) is 0 Å². The second-order valence-corrected chi connectivity index (χ2v) is 8.45. The maximum Gasteiger partial charge on any atom is 0.137 e. The first kappa shape index (κ1) is 22.8. The van der Waals surface area contributed by atoms with Crippen molar-refractivity contribution in [1.82, 2.24) is 14.8 Å². The van der Waals surface area contributed by atoms with E-state index in [1.54, 1.807) is 11.8 Å². The smallest absolute Gasteiger partial charge is 0.137 e. The predicted octanol–water partition coefficient (Wildman–Crippen LogP) is 3.90. The SMILES string of the molecule is C[C@@H](SCCCCCCCCO)[C@](O)(Cn1cncn1)c1ccc(F)cc1F. The van der Waals surface area contributed by atoms with Crippen molar-refractivity contribution < 1.29 is 19.0 Å². The maximum absolute atomic E-state index is 14.5. The van der Waals surface area contributed by atoms with E-state index in [1.807, 2.05) is 6.92 Å². The minimum Gasteiger partial charge on any atom is -0.396 e. The standard InChI is InChI=1S/C20H29F2N3O2S/c1-16(28-11-7-5-3-2-4-6-10-26)20(27,13-25-15-23-14-24-25)18-9-8-17(21)12-19(18)22/h8-9,12,14-16,26-27H,2-7,10-11,13H2,1H3/t16-,20-/m1/s1. The molecule has 2 N–H and O–H groups in total. The fourth-order valence-electron chi connectivity index (χ4n) is 3.15. The number of thioether (sulfide) groups is 1. The van der Waals surface area contributed by atoms with Crippen LogP contribution < -0.4 is 0 Å². The average Bonchev–Trinajstić information content (AvgIpc) is 3.16. The highest BCUT2D eigenvalue weighted by Crippen LogP contribution is 2.36. The lowest BCUT2D eigenvalue weighted by Gasteiger charge is -2.34. The molecule has 8 heteroatoms. The van der Waals surface area contributed by atoms with Gasteiger partial charge in [-0.2, -0.15) is 16.9 Å². The highest BCUT2D eigenvalue weighted by molar-refractivity contribution is 7.99. The summed E-state index contributed by atoms with van der Waals surface area (Å²) in [6.45, 7) is 2.13. The van der Waals surface area contributed by atoms with Crippen molar-refractivity contribution in [2.75, 3.05) is 12.4 Å². The van der Waals surface area contributed by atoms with Crippen LogP contribution in [0.25, 0.3) is 0 Å². The monoisotopic (exact) mass is 413 g/mol. The molecule has 2 rings (SSSR count). The zero-order valence-electron chi connectivity index (χ0n) is 16.2. The van der Waals surface area contributed by atoms with Crippen LogP contribution in [0, 0.1) is 11.6 Å². The third-order valence-electron chi connectivity index (χ3n) is 4.86. The van der Waals surface area contributed by atoms with E-state index in [0.717, 1.165) is 56.4 Å². The van der Waals surface area contributed by atoms with Crippen LogP contribution in [-0.2, 0) is 12.1 Å². The number of nitrogens with zero attached hydrogens (tertiary/aromatic N) is 3. The molecule has 1 heterocycles. The van der Waals surface area contributed by atoms with Gasteiger partial charge in [0.25, 0.3) is 0 Å². The van der Waals surface area contributed by atoms with Gasteiger partial charge in [-0.1, -0.05) is 38.7 Å². The number of unbranched alkanes of at least 4 members (excludes halogenated alkanes) is 5. The van der Waals surface area contributed by atoms with Crippen LogP contribution in [-0.4, -0.2) is 42.6 Å². The Hall–Kier alpha value is -1.51. The molecule has 0 aliphatic rings. The normalized spacial score (nSPS) is 14.8. The van der Waals surface area contributed by atoms with Gasteiger partial charge >= 0.3 is 0 Å². The molecule has 0 amide bonds. The molecule has 28 heavy (non-hydrogen) atoms. The first-order valence-corrected chi connectivity index (χ1v) is 10.7. The number of rotatable bonds is 13. The zero-order valence-corrected chi connectivity index (χ0v) is 17.0. The Bertz CT molecular complexity index is 703. The molecule has 2 atom stereocenters. The number of halogens is 2. The number of benzene rings is 1. The van der Waals surface area contributed by atoms with Crippen molar-refractivity contribution >= 4 is 11.8 Å². The number of aliphatic hydroxyl groups is 2. The summed E-state index contributed by atoms with van der Waals surface area (Å²) in [7, 11) is 0. The molecule has 0 spiro atoms. The van der Waals surface area contributed by atoms with Crippen LogP contribution in [0.4, 0.5) is 8.78 Å². The van der Waals surface area contributed by atoms with Gasteiger partial charge in [0.05, 0.1) is 6.54 Å². The van der Waals surface area contributed by atoms with Crippen molar-refractivity contribution in [3.8, 4) is 0 Å². The predicted molar refractivity (Wildman–Crippen MR) is 107 cm³/mol. The molecule has 0 fully saturated rings. The van der Waals surface area contributed by atoms with Crippen LogP contribution >= 0.6 is 11.8 Å². The summed E-state index contributed by atoms with van der Waals surface area (Å²) in [5, 5.41) is 23.9. The molecule has 0 bridgehead atoms. The van der Waals surface area contributed by atoms with Crippen molar-refractivity contribution in [2.24, 2.45) is 0 Å². The van der Waals surface area contributed by atoms with E-state index in [1.165, 1.54) is 23.4 Å². The molecule has 1 aromatic heterocycles. The molecule has 0 unspecified atom stereocenters. The van der Waals surface area contributed by atoms with Crippen molar-refractivity contribution in [1.29, 1.82) is 0 Å². The van der Waals surface area contributed by atoms with Crippen molar-refractivity contribution in [2.45, 2.75) is 62.8 Å². The molecule has 5 nitrogen and oxygen atoms in total. The van der Waals surface area contributed by atoms with E-state index in [0.29, 0.717) is 0 Å². The Morgan fingerprint density at radius 3 is 2.50 bits per heavy atom. The van der Waals surface area contributed by atoms with Crippen molar-refractivity contribution in [3.05, 3.63) is 48.1 Å². The van der Waals surface area contributed by atoms with Crippen LogP contribution in [0.3, 0.4) is 0 Å². The van der Waals surface area contributed by atoms with Gasteiger partial charge in [-0.05, 0) is 24.7 Å². The second kappa shape index (κ2) is 11.5. The maximum atomic E-state index is 14.5.